The maximum Gasteiger partial charge on any atom is 0.490 e. The van der Waals surface area contributed by atoms with E-state index in [2.05, 4.69) is 34.3 Å². The number of rotatable bonds is 4. The monoisotopic (exact) mass is 567 g/mol. The number of carboxylic acids is 2. The molecule has 0 aliphatic carbocycles. The number of carbonyl (C=O) groups is 3. The van der Waals surface area contributed by atoms with Gasteiger partial charge in [0.1, 0.15) is 11.5 Å². The van der Waals surface area contributed by atoms with Crippen molar-refractivity contribution in [3.63, 3.8) is 0 Å². The number of hydrogen-bond donors (Lipinski definition) is 3. The minimum absolute atomic E-state index is 0.0498. The van der Waals surface area contributed by atoms with Crippen LogP contribution in [0.2, 0.25) is 0 Å². The third-order valence-corrected chi connectivity index (χ3v) is 6.13. The van der Waals surface area contributed by atoms with Crippen LogP contribution in [0, 0.1) is 0 Å². The highest BCUT2D eigenvalue weighted by Crippen LogP contribution is 2.39. The third-order valence-electron chi connectivity index (χ3n) is 6.13. The van der Waals surface area contributed by atoms with E-state index in [1.165, 1.54) is 0 Å². The van der Waals surface area contributed by atoms with Crippen molar-refractivity contribution in [3.8, 4) is 0 Å². The van der Waals surface area contributed by atoms with Crippen molar-refractivity contribution < 1.29 is 55.4 Å². The second-order valence-corrected chi connectivity index (χ2v) is 8.92. The first-order chi connectivity index (χ1) is 18.1. The fourth-order valence-corrected chi connectivity index (χ4v) is 4.12. The SMILES string of the molecule is CCc1ccc(CN2CCC3(CC2)CC(c2cccnc2)C(=O)N3)o1.O=C(O)C(F)(F)F.O=C(O)C(F)(F)F. The van der Waals surface area contributed by atoms with Crippen LogP contribution in [0.4, 0.5) is 26.3 Å². The van der Waals surface area contributed by atoms with Crippen LogP contribution in [0.1, 0.15) is 49.2 Å². The smallest absolute Gasteiger partial charge is 0.475 e. The van der Waals surface area contributed by atoms with Gasteiger partial charge in [0.2, 0.25) is 5.91 Å². The number of aryl methyl sites for hydroxylation is 1. The molecular weight excluding hydrogens is 540 g/mol. The fourth-order valence-electron chi connectivity index (χ4n) is 4.12. The van der Waals surface area contributed by atoms with Gasteiger partial charge in [0.15, 0.2) is 0 Å². The molecule has 2 aromatic rings. The third kappa shape index (κ3) is 9.57. The van der Waals surface area contributed by atoms with Crippen molar-refractivity contribution in [2.45, 2.75) is 63.0 Å². The fraction of sp³-hybridized carbons (Fsp3) is 0.500. The molecule has 15 heteroatoms. The number of hydrogen-bond acceptors (Lipinski definition) is 6. The molecule has 1 atom stereocenters. The maximum atomic E-state index is 12.5. The summed E-state index contributed by atoms with van der Waals surface area (Å²) in [6.45, 7) is 4.94. The van der Waals surface area contributed by atoms with Crippen LogP contribution in [0.3, 0.4) is 0 Å². The number of nitrogens with one attached hydrogen (secondary N) is 1. The molecule has 0 radical (unpaired) electrons. The number of piperidine rings is 1. The predicted octanol–water partition coefficient (Wildman–Crippen LogP) is 4.14. The summed E-state index contributed by atoms with van der Waals surface area (Å²) >= 11 is 0. The second-order valence-electron chi connectivity index (χ2n) is 8.92. The van der Waals surface area contributed by atoms with E-state index >= 15 is 0 Å². The largest absolute Gasteiger partial charge is 0.490 e. The molecule has 3 N–H and O–H groups in total. The molecule has 2 aliphatic rings. The highest BCUT2D eigenvalue weighted by molar-refractivity contribution is 5.87. The summed E-state index contributed by atoms with van der Waals surface area (Å²) in [4.78, 5) is 36.9. The van der Waals surface area contributed by atoms with E-state index in [-0.39, 0.29) is 17.4 Å². The quantitative estimate of drug-likeness (QED) is 0.470. The van der Waals surface area contributed by atoms with Crippen LogP contribution in [0.15, 0.2) is 41.1 Å². The van der Waals surface area contributed by atoms with Gasteiger partial charge in [0.05, 0.1) is 12.5 Å². The molecule has 39 heavy (non-hydrogen) atoms. The lowest BCUT2D eigenvalue weighted by atomic mass is 9.82. The summed E-state index contributed by atoms with van der Waals surface area (Å²) in [6, 6.07) is 8.06. The first-order valence-corrected chi connectivity index (χ1v) is 11.7. The number of likely N-dealkylation sites (tertiary alicyclic amines) is 1. The predicted molar refractivity (Wildman–Crippen MR) is 122 cm³/mol. The van der Waals surface area contributed by atoms with E-state index in [9.17, 15) is 31.1 Å². The number of pyridine rings is 1. The zero-order chi connectivity index (χ0) is 29.4. The van der Waals surface area contributed by atoms with E-state index < -0.39 is 24.3 Å². The van der Waals surface area contributed by atoms with E-state index in [1.54, 1.807) is 6.20 Å². The molecule has 9 nitrogen and oxygen atoms in total. The average molecular weight is 567 g/mol. The highest BCUT2D eigenvalue weighted by Gasteiger charge is 2.46. The molecule has 2 aromatic heterocycles. The Labute approximate surface area is 218 Å². The number of amides is 1. The van der Waals surface area contributed by atoms with Crippen LogP contribution >= 0.6 is 0 Å². The summed E-state index contributed by atoms with van der Waals surface area (Å²) in [7, 11) is 0. The zero-order valence-corrected chi connectivity index (χ0v) is 20.7. The molecular formula is C24H27F6N3O6. The van der Waals surface area contributed by atoms with E-state index in [1.807, 2.05) is 18.3 Å². The Kier molecular flexibility index (Phi) is 10.5. The maximum absolute atomic E-state index is 12.5. The Hall–Kier alpha value is -3.62. The van der Waals surface area contributed by atoms with Gasteiger partial charge in [-0.15, -0.1) is 0 Å². The normalized spacial score (nSPS) is 18.8. The van der Waals surface area contributed by atoms with Gasteiger partial charge < -0.3 is 19.9 Å². The Morgan fingerprint density at radius 3 is 2.03 bits per heavy atom. The topological polar surface area (TPSA) is 133 Å². The van der Waals surface area contributed by atoms with Gasteiger partial charge in [-0.1, -0.05) is 13.0 Å². The molecule has 1 spiro atoms. The molecule has 1 amide bonds. The molecule has 4 rings (SSSR count). The molecule has 2 fully saturated rings. The molecule has 1 unspecified atom stereocenters. The zero-order valence-electron chi connectivity index (χ0n) is 20.7. The molecule has 2 aliphatic heterocycles. The van der Waals surface area contributed by atoms with Gasteiger partial charge in [-0.05, 0) is 43.0 Å². The molecule has 216 valence electrons. The number of carbonyl (C=O) groups excluding carboxylic acids is 1. The molecule has 0 saturated carbocycles. The molecule has 0 aromatic carbocycles. The number of alkyl halides is 6. The van der Waals surface area contributed by atoms with Gasteiger partial charge in [0, 0.05) is 37.4 Å². The summed E-state index contributed by atoms with van der Waals surface area (Å²) in [5.74, 6) is -3.33. The Morgan fingerprint density at radius 2 is 1.59 bits per heavy atom. The summed E-state index contributed by atoms with van der Waals surface area (Å²) in [6.07, 6.45) is -2.78. The Bertz CT molecular complexity index is 1090. The molecule has 2 saturated heterocycles. The highest BCUT2D eigenvalue weighted by atomic mass is 19.4. The number of furan rings is 1. The van der Waals surface area contributed by atoms with Crippen LogP contribution in [-0.2, 0) is 27.3 Å². The van der Waals surface area contributed by atoms with Gasteiger partial charge in [-0.3, -0.25) is 14.7 Å². The van der Waals surface area contributed by atoms with Crippen molar-refractivity contribution >= 4 is 17.8 Å². The lowest BCUT2D eigenvalue weighted by Gasteiger charge is -2.39. The molecule has 0 bridgehead atoms. The van der Waals surface area contributed by atoms with Crippen molar-refractivity contribution in [2.75, 3.05) is 13.1 Å². The first kappa shape index (κ1) is 31.6. The first-order valence-electron chi connectivity index (χ1n) is 11.7. The lowest BCUT2D eigenvalue weighted by Crippen LogP contribution is -2.50. The van der Waals surface area contributed by atoms with E-state index in [4.69, 9.17) is 24.2 Å². The standard InChI is InChI=1S/C20H25N3O2.2C2HF3O2/c1-2-16-5-6-17(25-16)14-23-10-7-20(8-11-23)12-18(19(24)22-20)15-4-3-9-21-13-15;2*3-2(4,5)1(6)7/h3-6,9,13,18H,2,7-8,10-12,14H2,1H3,(H,22,24);2*(H,6,7). The van der Waals surface area contributed by atoms with Crippen LogP contribution in [-0.4, -0.2) is 68.9 Å². The van der Waals surface area contributed by atoms with Gasteiger partial charge >= 0.3 is 24.3 Å². The van der Waals surface area contributed by atoms with Gasteiger partial charge in [0.25, 0.3) is 0 Å². The average Bonchev–Trinajstić information content (AvgIpc) is 3.44. The van der Waals surface area contributed by atoms with Crippen molar-refractivity contribution in [2.24, 2.45) is 0 Å². The summed E-state index contributed by atoms with van der Waals surface area (Å²) < 4.78 is 69.3. The van der Waals surface area contributed by atoms with Gasteiger partial charge in [-0.2, -0.15) is 26.3 Å². The van der Waals surface area contributed by atoms with Crippen LogP contribution in [0.5, 0.6) is 0 Å². The number of carboxylic acid groups (broad SMARTS) is 2. The van der Waals surface area contributed by atoms with Gasteiger partial charge in [-0.25, -0.2) is 9.59 Å². The summed E-state index contributed by atoms with van der Waals surface area (Å²) in [5.41, 5.74) is 0.980. The second kappa shape index (κ2) is 13.0. The number of halogens is 6. The minimum atomic E-state index is -5.08. The minimum Gasteiger partial charge on any atom is -0.475 e. The van der Waals surface area contributed by atoms with Crippen molar-refractivity contribution in [1.82, 2.24) is 15.2 Å². The van der Waals surface area contributed by atoms with E-state index in [0.29, 0.717) is 0 Å². The van der Waals surface area contributed by atoms with E-state index in [0.717, 1.165) is 62.4 Å². The number of nitrogens with zero attached hydrogens (tertiary/aromatic N) is 2. The van der Waals surface area contributed by atoms with Crippen LogP contribution in [0.25, 0.3) is 0 Å². The molecule has 4 heterocycles. The number of aliphatic carboxylic acids is 2. The Balaban J connectivity index is 0.000000317. The van der Waals surface area contributed by atoms with Crippen molar-refractivity contribution in [1.29, 1.82) is 0 Å². The van der Waals surface area contributed by atoms with Crippen LogP contribution < -0.4 is 5.32 Å². The number of aromatic nitrogens is 1. The lowest BCUT2D eigenvalue weighted by molar-refractivity contribution is -0.193. The van der Waals surface area contributed by atoms with Crippen molar-refractivity contribution in [3.05, 3.63) is 53.7 Å². The summed E-state index contributed by atoms with van der Waals surface area (Å²) in [5, 5.41) is 17.5. The Morgan fingerprint density at radius 1 is 1.05 bits per heavy atom.